The van der Waals surface area contributed by atoms with Crippen molar-refractivity contribution in [1.82, 2.24) is 4.90 Å². The molecular weight excluding hydrogens is 394 g/mol. The van der Waals surface area contributed by atoms with E-state index in [1.807, 2.05) is 42.2 Å². The van der Waals surface area contributed by atoms with Crippen LogP contribution in [0.4, 0.5) is 0 Å². The Hall–Kier alpha value is -2.47. The Bertz CT molecular complexity index is 771. The number of nitrogens with zero attached hydrogens (tertiary/aromatic N) is 1. The van der Waals surface area contributed by atoms with E-state index in [0.29, 0.717) is 51.9 Å². The molecule has 0 aliphatic carbocycles. The van der Waals surface area contributed by atoms with Gasteiger partial charge in [0.15, 0.2) is 0 Å². The first-order chi connectivity index (χ1) is 15.0. The number of carbonyl (C=O) groups is 3. The normalized spacial score (nSPS) is 15.0. The van der Waals surface area contributed by atoms with Crippen LogP contribution < -0.4 is 0 Å². The lowest BCUT2D eigenvalue weighted by Gasteiger charge is -2.18. The van der Waals surface area contributed by atoms with Gasteiger partial charge in [-0.1, -0.05) is 43.2 Å². The molecule has 0 radical (unpaired) electrons. The summed E-state index contributed by atoms with van der Waals surface area (Å²) in [4.78, 5) is 37.8. The number of likely N-dealkylation sites (tertiary alicyclic amines) is 1. The van der Waals surface area contributed by atoms with Crippen LogP contribution in [-0.2, 0) is 36.9 Å². The van der Waals surface area contributed by atoms with Gasteiger partial charge >= 0.3 is 5.97 Å². The molecule has 1 amide bonds. The van der Waals surface area contributed by atoms with Crippen LogP contribution in [0.25, 0.3) is 0 Å². The average Bonchev–Trinajstić information content (AvgIpc) is 3.09. The van der Waals surface area contributed by atoms with Gasteiger partial charge in [-0.2, -0.15) is 0 Å². The SMILES string of the molecule is CCOC(=O)CCCCCCN1C(=O)CCC1=CCC(=O)Cc1cccc(COC)c1. The fourth-order valence-electron chi connectivity index (χ4n) is 3.80. The highest BCUT2D eigenvalue weighted by Crippen LogP contribution is 2.24. The number of allylic oxidation sites excluding steroid dienone is 2. The van der Waals surface area contributed by atoms with E-state index < -0.39 is 0 Å². The molecule has 0 spiro atoms. The second-order valence-corrected chi connectivity index (χ2v) is 7.88. The van der Waals surface area contributed by atoms with Crippen LogP contribution in [0.15, 0.2) is 36.0 Å². The molecule has 0 atom stereocenters. The number of ether oxygens (including phenoxy) is 2. The van der Waals surface area contributed by atoms with E-state index in [4.69, 9.17) is 9.47 Å². The molecule has 2 rings (SSSR count). The zero-order valence-corrected chi connectivity index (χ0v) is 18.9. The van der Waals surface area contributed by atoms with Gasteiger partial charge < -0.3 is 14.4 Å². The van der Waals surface area contributed by atoms with E-state index in [1.165, 1.54) is 0 Å². The predicted octanol–water partition coefficient (Wildman–Crippen LogP) is 4.35. The van der Waals surface area contributed by atoms with Crippen molar-refractivity contribution < 1.29 is 23.9 Å². The third-order valence-electron chi connectivity index (χ3n) is 5.33. The number of benzene rings is 1. The topological polar surface area (TPSA) is 72.9 Å². The summed E-state index contributed by atoms with van der Waals surface area (Å²) in [6, 6.07) is 7.89. The molecule has 6 nitrogen and oxygen atoms in total. The highest BCUT2D eigenvalue weighted by molar-refractivity contribution is 5.84. The van der Waals surface area contributed by atoms with E-state index in [2.05, 4.69) is 0 Å². The van der Waals surface area contributed by atoms with Crippen LogP contribution in [0.2, 0.25) is 0 Å². The zero-order valence-electron chi connectivity index (χ0n) is 18.9. The number of Topliss-reactive ketones (excluding diaryl/α,β-unsaturated/α-hetero) is 1. The molecule has 0 unspecified atom stereocenters. The van der Waals surface area contributed by atoms with Gasteiger partial charge in [0.25, 0.3) is 0 Å². The second kappa shape index (κ2) is 13.8. The number of methoxy groups -OCH3 is 1. The highest BCUT2D eigenvalue weighted by atomic mass is 16.5. The molecule has 1 aliphatic rings. The van der Waals surface area contributed by atoms with Crippen molar-refractivity contribution in [3.05, 3.63) is 47.2 Å². The van der Waals surface area contributed by atoms with Crippen LogP contribution in [0, 0.1) is 0 Å². The van der Waals surface area contributed by atoms with Gasteiger partial charge in [-0.15, -0.1) is 0 Å². The first-order valence-corrected chi connectivity index (χ1v) is 11.3. The van der Waals surface area contributed by atoms with Gasteiger partial charge in [-0.3, -0.25) is 14.4 Å². The summed E-state index contributed by atoms with van der Waals surface area (Å²) in [5.74, 6) is 0.135. The van der Waals surface area contributed by atoms with Gasteiger partial charge in [0.2, 0.25) is 5.91 Å². The lowest BCUT2D eigenvalue weighted by Crippen LogP contribution is -2.24. The molecule has 1 aromatic carbocycles. The maximum atomic E-state index is 12.4. The van der Waals surface area contributed by atoms with Crippen molar-refractivity contribution in [2.45, 2.75) is 71.3 Å². The largest absolute Gasteiger partial charge is 0.466 e. The summed E-state index contributed by atoms with van der Waals surface area (Å²) < 4.78 is 10.1. The van der Waals surface area contributed by atoms with Gasteiger partial charge in [0, 0.05) is 45.0 Å². The molecule has 0 saturated carbocycles. The number of hydrogen-bond donors (Lipinski definition) is 0. The Balaban J connectivity index is 1.75. The molecule has 1 heterocycles. The third kappa shape index (κ3) is 9.05. The maximum Gasteiger partial charge on any atom is 0.305 e. The van der Waals surface area contributed by atoms with Crippen molar-refractivity contribution in [3.8, 4) is 0 Å². The first kappa shape index (κ1) is 24.8. The number of unbranched alkanes of at least 4 members (excludes halogenated alkanes) is 3. The van der Waals surface area contributed by atoms with E-state index in [1.54, 1.807) is 7.11 Å². The zero-order chi connectivity index (χ0) is 22.5. The smallest absolute Gasteiger partial charge is 0.305 e. The van der Waals surface area contributed by atoms with Crippen LogP contribution in [-0.4, -0.2) is 42.8 Å². The number of hydrogen-bond acceptors (Lipinski definition) is 5. The lowest BCUT2D eigenvalue weighted by atomic mass is 10.0. The monoisotopic (exact) mass is 429 g/mol. The van der Waals surface area contributed by atoms with Crippen LogP contribution >= 0.6 is 0 Å². The fourth-order valence-corrected chi connectivity index (χ4v) is 3.80. The molecule has 1 fully saturated rings. The molecule has 1 aromatic rings. The molecule has 31 heavy (non-hydrogen) atoms. The molecule has 6 heteroatoms. The minimum atomic E-state index is -0.141. The van der Waals surface area contributed by atoms with Crippen LogP contribution in [0.1, 0.15) is 69.4 Å². The van der Waals surface area contributed by atoms with Gasteiger partial charge in [0.05, 0.1) is 13.2 Å². The fraction of sp³-hybridized carbons (Fsp3) is 0.560. The first-order valence-electron chi connectivity index (χ1n) is 11.3. The average molecular weight is 430 g/mol. The van der Waals surface area contributed by atoms with E-state index in [-0.39, 0.29) is 17.7 Å². The predicted molar refractivity (Wildman–Crippen MR) is 119 cm³/mol. The number of esters is 1. The number of ketones is 1. The van der Waals surface area contributed by atoms with E-state index >= 15 is 0 Å². The number of amides is 1. The second-order valence-electron chi connectivity index (χ2n) is 7.88. The van der Waals surface area contributed by atoms with Gasteiger partial charge in [-0.25, -0.2) is 0 Å². The standard InChI is InChI=1S/C25H35NO5/c1-3-31-25(29)11-6-4-5-7-16-26-22(13-15-24(26)28)12-14-23(27)18-20-9-8-10-21(17-20)19-30-2/h8-10,12,17H,3-7,11,13-16,18-19H2,1-2H3. The maximum absolute atomic E-state index is 12.4. The minimum Gasteiger partial charge on any atom is -0.466 e. The summed E-state index contributed by atoms with van der Waals surface area (Å²) in [7, 11) is 1.65. The van der Waals surface area contributed by atoms with Crippen molar-refractivity contribution >= 4 is 17.7 Å². The Labute approximate surface area is 185 Å². The summed E-state index contributed by atoms with van der Waals surface area (Å²) in [6.07, 6.45) is 7.95. The summed E-state index contributed by atoms with van der Waals surface area (Å²) in [5, 5.41) is 0. The molecule has 170 valence electrons. The highest BCUT2D eigenvalue weighted by Gasteiger charge is 2.24. The van der Waals surface area contributed by atoms with Gasteiger partial charge in [-0.05, 0) is 37.3 Å². The van der Waals surface area contributed by atoms with Crippen molar-refractivity contribution in [3.63, 3.8) is 0 Å². The number of rotatable bonds is 14. The summed E-state index contributed by atoms with van der Waals surface area (Å²) in [6.45, 7) is 3.45. The van der Waals surface area contributed by atoms with Crippen molar-refractivity contribution in [2.75, 3.05) is 20.3 Å². The van der Waals surface area contributed by atoms with Gasteiger partial charge in [0.1, 0.15) is 5.78 Å². The van der Waals surface area contributed by atoms with E-state index in [0.717, 1.165) is 42.5 Å². The molecular formula is C25H35NO5. The molecule has 1 saturated heterocycles. The Morgan fingerprint density at radius 2 is 1.87 bits per heavy atom. The van der Waals surface area contributed by atoms with Crippen LogP contribution in [0.5, 0.6) is 0 Å². The van der Waals surface area contributed by atoms with Crippen LogP contribution in [0.3, 0.4) is 0 Å². The summed E-state index contributed by atoms with van der Waals surface area (Å²) in [5.41, 5.74) is 3.01. The summed E-state index contributed by atoms with van der Waals surface area (Å²) >= 11 is 0. The Morgan fingerprint density at radius 3 is 2.65 bits per heavy atom. The number of carbonyl (C=O) groups excluding carboxylic acids is 3. The molecule has 1 aliphatic heterocycles. The molecule has 0 N–H and O–H groups in total. The van der Waals surface area contributed by atoms with E-state index in [9.17, 15) is 14.4 Å². The minimum absolute atomic E-state index is 0.137. The Morgan fingerprint density at radius 1 is 1.10 bits per heavy atom. The van der Waals surface area contributed by atoms with Crippen molar-refractivity contribution in [2.24, 2.45) is 0 Å². The molecule has 0 bridgehead atoms. The quantitative estimate of drug-likeness (QED) is 0.325. The Kier molecular flexibility index (Phi) is 11.0. The lowest BCUT2D eigenvalue weighted by molar-refractivity contribution is -0.143. The van der Waals surface area contributed by atoms with Crippen molar-refractivity contribution in [1.29, 1.82) is 0 Å². The molecule has 0 aromatic heterocycles. The third-order valence-corrected chi connectivity index (χ3v) is 5.33.